The minimum atomic E-state index is -0.227. The molecule has 1 unspecified atom stereocenters. The molecule has 0 bridgehead atoms. The molecule has 2 rings (SSSR count). The lowest BCUT2D eigenvalue weighted by Gasteiger charge is -2.20. The Balaban J connectivity index is 2.31. The number of rotatable bonds is 6. The van der Waals surface area contributed by atoms with Crippen molar-refractivity contribution in [3.63, 3.8) is 0 Å². The summed E-state index contributed by atoms with van der Waals surface area (Å²) in [5, 5.41) is 13.1. The predicted molar refractivity (Wildman–Crippen MR) is 84.2 cm³/mol. The van der Waals surface area contributed by atoms with Gasteiger partial charge in [0.15, 0.2) is 0 Å². The Morgan fingerprint density at radius 1 is 1.05 bits per heavy atom. The first-order valence-corrected chi connectivity index (χ1v) is 6.84. The Morgan fingerprint density at radius 3 is 2.19 bits per heavy atom. The van der Waals surface area contributed by atoms with Gasteiger partial charge in [-0.05, 0) is 36.2 Å². The van der Waals surface area contributed by atoms with Crippen molar-refractivity contribution in [2.24, 2.45) is 0 Å². The van der Waals surface area contributed by atoms with Gasteiger partial charge in [0.2, 0.25) is 0 Å². The maximum Gasteiger partial charge on any atom is 0.122 e. The fourth-order valence-corrected chi connectivity index (χ4v) is 2.19. The van der Waals surface area contributed by atoms with Crippen molar-refractivity contribution in [3.8, 4) is 11.5 Å². The molecule has 0 aliphatic heterocycles. The Morgan fingerprint density at radius 2 is 1.67 bits per heavy atom. The molecule has 0 aromatic heterocycles. The van der Waals surface area contributed by atoms with Gasteiger partial charge in [0.05, 0.1) is 26.9 Å². The molecule has 2 N–H and O–H groups in total. The molecule has 0 fully saturated rings. The summed E-state index contributed by atoms with van der Waals surface area (Å²) in [5.41, 5.74) is 3.04. The molecule has 4 nitrogen and oxygen atoms in total. The third-order valence-electron chi connectivity index (χ3n) is 3.43. The maximum absolute atomic E-state index is 9.71. The fourth-order valence-electron chi connectivity index (χ4n) is 2.19. The number of hydrogen-bond acceptors (Lipinski definition) is 4. The zero-order valence-electron chi connectivity index (χ0n) is 12.6. The number of nitrogens with one attached hydrogen (secondary N) is 1. The van der Waals surface area contributed by atoms with E-state index in [1.54, 1.807) is 14.2 Å². The summed E-state index contributed by atoms with van der Waals surface area (Å²) in [6.07, 6.45) is 0. The zero-order valence-corrected chi connectivity index (χ0v) is 12.6. The number of hydrogen-bond donors (Lipinski definition) is 2. The second-order valence-electron chi connectivity index (χ2n) is 4.84. The Bertz CT molecular complexity index is 576. The summed E-state index contributed by atoms with van der Waals surface area (Å²) >= 11 is 0. The molecule has 1 atom stereocenters. The fraction of sp³-hybridized carbons (Fsp3) is 0.294. The van der Waals surface area contributed by atoms with Gasteiger partial charge in [0.1, 0.15) is 11.5 Å². The van der Waals surface area contributed by atoms with Gasteiger partial charge in [-0.15, -0.1) is 0 Å². The van der Waals surface area contributed by atoms with Crippen molar-refractivity contribution >= 4 is 5.69 Å². The maximum atomic E-state index is 9.71. The van der Waals surface area contributed by atoms with E-state index in [0.29, 0.717) is 11.5 Å². The van der Waals surface area contributed by atoms with Gasteiger partial charge in [0, 0.05) is 11.8 Å². The Labute approximate surface area is 125 Å². The van der Waals surface area contributed by atoms with Crippen LogP contribution in [0.4, 0.5) is 5.69 Å². The molecule has 0 saturated heterocycles. The summed E-state index contributed by atoms with van der Waals surface area (Å²) < 4.78 is 10.6. The number of para-hydroxylation sites is 1. The molecule has 0 radical (unpaired) electrons. The van der Waals surface area contributed by atoms with Gasteiger partial charge >= 0.3 is 0 Å². The van der Waals surface area contributed by atoms with E-state index in [0.717, 1.165) is 16.8 Å². The molecule has 2 aromatic rings. The van der Waals surface area contributed by atoms with Crippen LogP contribution in [0.3, 0.4) is 0 Å². The highest BCUT2D eigenvalue weighted by molar-refractivity contribution is 5.53. The van der Waals surface area contributed by atoms with Crippen molar-refractivity contribution in [1.29, 1.82) is 0 Å². The summed E-state index contributed by atoms with van der Waals surface area (Å²) in [6, 6.07) is 13.4. The quantitative estimate of drug-likeness (QED) is 0.857. The minimum Gasteiger partial charge on any atom is -0.497 e. The summed E-state index contributed by atoms with van der Waals surface area (Å²) in [7, 11) is 3.22. The van der Waals surface area contributed by atoms with Gasteiger partial charge in [-0.3, -0.25) is 0 Å². The van der Waals surface area contributed by atoms with Crippen LogP contribution in [0, 0.1) is 6.92 Å². The van der Waals surface area contributed by atoms with Gasteiger partial charge in [-0.25, -0.2) is 0 Å². The van der Waals surface area contributed by atoms with Crippen LogP contribution in [-0.2, 0) is 0 Å². The van der Waals surface area contributed by atoms with E-state index in [1.807, 2.05) is 49.4 Å². The molecule has 0 aliphatic carbocycles. The number of anilines is 1. The topological polar surface area (TPSA) is 50.7 Å². The van der Waals surface area contributed by atoms with Crippen molar-refractivity contribution in [2.75, 3.05) is 26.1 Å². The second kappa shape index (κ2) is 6.99. The van der Waals surface area contributed by atoms with E-state index in [1.165, 1.54) is 0 Å². The van der Waals surface area contributed by atoms with E-state index >= 15 is 0 Å². The monoisotopic (exact) mass is 287 g/mol. The van der Waals surface area contributed by atoms with E-state index < -0.39 is 0 Å². The smallest absolute Gasteiger partial charge is 0.122 e. The summed E-state index contributed by atoms with van der Waals surface area (Å²) in [5.74, 6) is 1.41. The van der Waals surface area contributed by atoms with Crippen LogP contribution in [0.1, 0.15) is 17.2 Å². The minimum absolute atomic E-state index is 0.0232. The van der Waals surface area contributed by atoms with Crippen molar-refractivity contribution in [1.82, 2.24) is 0 Å². The number of aryl methyl sites for hydroxylation is 1. The molecule has 0 spiro atoms. The largest absolute Gasteiger partial charge is 0.497 e. The molecule has 0 aliphatic rings. The third kappa shape index (κ3) is 3.67. The Kier molecular flexibility index (Phi) is 5.06. The first-order chi connectivity index (χ1) is 10.2. The lowest BCUT2D eigenvalue weighted by Crippen LogP contribution is -2.15. The van der Waals surface area contributed by atoms with Gasteiger partial charge in [-0.1, -0.05) is 18.2 Å². The first-order valence-electron chi connectivity index (χ1n) is 6.84. The molecule has 21 heavy (non-hydrogen) atoms. The van der Waals surface area contributed by atoms with Crippen LogP contribution in [0.2, 0.25) is 0 Å². The van der Waals surface area contributed by atoms with Crippen molar-refractivity contribution < 1.29 is 14.6 Å². The first kappa shape index (κ1) is 15.2. The average Bonchev–Trinajstić information content (AvgIpc) is 2.53. The van der Waals surface area contributed by atoms with Crippen LogP contribution >= 0.6 is 0 Å². The number of methoxy groups -OCH3 is 2. The van der Waals surface area contributed by atoms with Gasteiger partial charge in [0.25, 0.3) is 0 Å². The SMILES string of the molecule is COc1cc(OC)cc(C(CO)Nc2ccccc2C)c1. The van der Waals surface area contributed by atoms with E-state index in [2.05, 4.69) is 5.32 Å². The molecule has 112 valence electrons. The van der Waals surface area contributed by atoms with Gasteiger partial charge < -0.3 is 19.9 Å². The molecule has 4 heteroatoms. The van der Waals surface area contributed by atoms with E-state index in [4.69, 9.17) is 9.47 Å². The molecule has 0 amide bonds. The highest BCUT2D eigenvalue weighted by Gasteiger charge is 2.14. The lowest BCUT2D eigenvalue weighted by atomic mass is 10.1. The molecule has 2 aromatic carbocycles. The highest BCUT2D eigenvalue weighted by atomic mass is 16.5. The van der Waals surface area contributed by atoms with E-state index in [-0.39, 0.29) is 12.6 Å². The normalized spacial score (nSPS) is 11.8. The van der Waals surface area contributed by atoms with Crippen LogP contribution in [0.5, 0.6) is 11.5 Å². The Hall–Kier alpha value is -2.20. The number of ether oxygens (including phenoxy) is 2. The van der Waals surface area contributed by atoms with Gasteiger partial charge in [-0.2, -0.15) is 0 Å². The summed E-state index contributed by atoms with van der Waals surface area (Å²) in [6.45, 7) is 2.01. The average molecular weight is 287 g/mol. The van der Waals surface area contributed by atoms with Crippen molar-refractivity contribution in [2.45, 2.75) is 13.0 Å². The standard InChI is InChI=1S/C17H21NO3/c1-12-6-4-5-7-16(12)18-17(11-19)13-8-14(20-2)10-15(9-13)21-3/h4-10,17-19H,11H2,1-3H3. The molecular weight excluding hydrogens is 266 g/mol. The number of aliphatic hydroxyl groups excluding tert-OH is 1. The van der Waals surface area contributed by atoms with Crippen LogP contribution < -0.4 is 14.8 Å². The lowest BCUT2D eigenvalue weighted by molar-refractivity contribution is 0.275. The van der Waals surface area contributed by atoms with Crippen LogP contribution in [-0.4, -0.2) is 25.9 Å². The summed E-state index contributed by atoms with van der Waals surface area (Å²) in [4.78, 5) is 0. The van der Waals surface area contributed by atoms with Crippen LogP contribution in [0.15, 0.2) is 42.5 Å². The molecule has 0 heterocycles. The van der Waals surface area contributed by atoms with Crippen molar-refractivity contribution in [3.05, 3.63) is 53.6 Å². The van der Waals surface area contributed by atoms with E-state index in [9.17, 15) is 5.11 Å². The molecule has 0 saturated carbocycles. The number of benzene rings is 2. The van der Waals surface area contributed by atoms with Crippen LogP contribution in [0.25, 0.3) is 0 Å². The second-order valence-corrected chi connectivity index (χ2v) is 4.84. The third-order valence-corrected chi connectivity index (χ3v) is 3.43. The highest BCUT2D eigenvalue weighted by Crippen LogP contribution is 2.29. The zero-order chi connectivity index (χ0) is 15.2. The number of aliphatic hydroxyl groups is 1. The molecular formula is C17H21NO3. The predicted octanol–water partition coefficient (Wildman–Crippen LogP) is 3.16.